The molecule has 0 saturated carbocycles. The predicted molar refractivity (Wildman–Crippen MR) is 104 cm³/mol. The zero-order valence-corrected chi connectivity index (χ0v) is 15.7. The van der Waals surface area contributed by atoms with E-state index in [0.29, 0.717) is 17.9 Å². The van der Waals surface area contributed by atoms with E-state index in [0.717, 1.165) is 4.88 Å². The van der Waals surface area contributed by atoms with Crippen molar-refractivity contribution < 1.29 is 9.21 Å². The number of fused-ring (bicyclic) bond motifs is 1. The van der Waals surface area contributed by atoms with Crippen LogP contribution in [0.15, 0.2) is 56.0 Å². The monoisotopic (exact) mass is 396 g/mol. The SMILES string of the molecule is Cc1cc(C(=O)N(Cc2ccco2)Cc2cccs2)nc2[nH]c(=O)[nH]c(=O)c12. The summed E-state index contributed by atoms with van der Waals surface area (Å²) in [4.78, 5) is 48.4. The van der Waals surface area contributed by atoms with E-state index in [1.54, 1.807) is 47.6 Å². The maximum Gasteiger partial charge on any atom is 0.327 e. The molecule has 0 spiro atoms. The Morgan fingerprint density at radius 1 is 1.21 bits per heavy atom. The molecule has 0 bridgehead atoms. The Labute approximate surface area is 162 Å². The van der Waals surface area contributed by atoms with Gasteiger partial charge in [-0.2, -0.15) is 0 Å². The van der Waals surface area contributed by atoms with Crippen molar-refractivity contribution >= 4 is 28.3 Å². The molecule has 142 valence electrons. The molecule has 0 unspecified atom stereocenters. The van der Waals surface area contributed by atoms with Crippen molar-refractivity contribution in [2.75, 3.05) is 0 Å². The number of aromatic amines is 2. The van der Waals surface area contributed by atoms with Crippen molar-refractivity contribution in [1.82, 2.24) is 19.9 Å². The molecule has 0 aliphatic rings. The van der Waals surface area contributed by atoms with Crippen LogP contribution in [0.4, 0.5) is 0 Å². The number of rotatable bonds is 5. The van der Waals surface area contributed by atoms with Gasteiger partial charge in [0.1, 0.15) is 17.1 Å². The molecule has 0 fully saturated rings. The van der Waals surface area contributed by atoms with Gasteiger partial charge in [-0.25, -0.2) is 9.78 Å². The lowest BCUT2D eigenvalue weighted by Gasteiger charge is -2.21. The number of thiophene rings is 1. The molecule has 0 radical (unpaired) electrons. The Bertz CT molecular complexity index is 1200. The molecule has 4 heterocycles. The summed E-state index contributed by atoms with van der Waals surface area (Å²) in [7, 11) is 0. The number of nitrogens with one attached hydrogen (secondary N) is 2. The van der Waals surface area contributed by atoms with Crippen LogP contribution in [-0.4, -0.2) is 25.8 Å². The molecule has 4 aromatic rings. The summed E-state index contributed by atoms with van der Waals surface area (Å²) in [5.41, 5.74) is -0.408. The summed E-state index contributed by atoms with van der Waals surface area (Å²) in [6, 6.07) is 8.99. The van der Waals surface area contributed by atoms with Crippen molar-refractivity contribution in [3.8, 4) is 0 Å². The topological polar surface area (TPSA) is 112 Å². The number of hydrogen-bond donors (Lipinski definition) is 2. The highest BCUT2D eigenvalue weighted by atomic mass is 32.1. The van der Waals surface area contributed by atoms with Gasteiger partial charge in [-0.05, 0) is 42.1 Å². The summed E-state index contributed by atoms with van der Waals surface area (Å²) in [5.74, 6) is 0.322. The van der Waals surface area contributed by atoms with Gasteiger partial charge >= 0.3 is 5.69 Å². The Morgan fingerprint density at radius 2 is 2.07 bits per heavy atom. The molecule has 9 heteroatoms. The van der Waals surface area contributed by atoms with Crippen LogP contribution in [0.1, 0.15) is 26.7 Å². The van der Waals surface area contributed by atoms with Gasteiger partial charge < -0.3 is 9.32 Å². The minimum absolute atomic E-state index is 0.0890. The second kappa shape index (κ2) is 7.28. The highest BCUT2D eigenvalue weighted by Crippen LogP contribution is 2.19. The minimum atomic E-state index is -0.667. The quantitative estimate of drug-likeness (QED) is 0.538. The largest absolute Gasteiger partial charge is 0.467 e. The number of pyridine rings is 1. The maximum atomic E-state index is 13.2. The van der Waals surface area contributed by atoms with E-state index < -0.39 is 11.2 Å². The third-order valence-corrected chi connectivity index (χ3v) is 5.12. The number of aromatic nitrogens is 3. The van der Waals surface area contributed by atoms with Crippen LogP contribution in [0.3, 0.4) is 0 Å². The van der Waals surface area contributed by atoms with Gasteiger partial charge in [-0.1, -0.05) is 6.07 Å². The summed E-state index contributed by atoms with van der Waals surface area (Å²) in [6.07, 6.45) is 1.55. The zero-order chi connectivity index (χ0) is 19.7. The molecule has 28 heavy (non-hydrogen) atoms. The van der Waals surface area contributed by atoms with Crippen LogP contribution in [0.25, 0.3) is 11.0 Å². The lowest BCUT2D eigenvalue weighted by atomic mass is 10.1. The minimum Gasteiger partial charge on any atom is -0.467 e. The van der Waals surface area contributed by atoms with E-state index in [2.05, 4.69) is 15.0 Å². The van der Waals surface area contributed by atoms with Gasteiger partial charge in [-0.3, -0.25) is 19.6 Å². The molecule has 0 saturated heterocycles. The first-order chi connectivity index (χ1) is 13.5. The molecular formula is C19H16N4O4S. The number of nitrogens with zero attached hydrogens (tertiary/aromatic N) is 2. The highest BCUT2D eigenvalue weighted by molar-refractivity contribution is 7.09. The predicted octanol–water partition coefficient (Wildman–Crippen LogP) is 2.42. The second-order valence-electron chi connectivity index (χ2n) is 6.28. The third kappa shape index (κ3) is 3.52. The van der Waals surface area contributed by atoms with Crippen molar-refractivity contribution in [2.45, 2.75) is 20.0 Å². The van der Waals surface area contributed by atoms with Crippen molar-refractivity contribution in [2.24, 2.45) is 0 Å². The van der Waals surface area contributed by atoms with Crippen molar-refractivity contribution in [1.29, 1.82) is 0 Å². The fourth-order valence-electron chi connectivity index (χ4n) is 3.01. The molecule has 2 N–H and O–H groups in total. The van der Waals surface area contributed by atoms with Gasteiger partial charge in [0.25, 0.3) is 11.5 Å². The van der Waals surface area contributed by atoms with Gasteiger partial charge in [-0.15, -0.1) is 11.3 Å². The number of H-pyrrole nitrogens is 2. The molecule has 0 aliphatic carbocycles. The van der Waals surface area contributed by atoms with Crippen LogP contribution < -0.4 is 11.2 Å². The van der Waals surface area contributed by atoms with Crippen LogP contribution in [-0.2, 0) is 13.1 Å². The molecule has 4 rings (SSSR count). The molecule has 4 aromatic heterocycles. The average Bonchev–Trinajstić information content (AvgIpc) is 3.33. The molecular weight excluding hydrogens is 380 g/mol. The second-order valence-corrected chi connectivity index (χ2v) is 7.31. The van der Waals surface area contributed by atoms with E-state index in [-0.39, 0.29) is 29.2 Å². The number of furan rings is 1. The smallest absolute Gasteiger partial charge is 0.327 e. The summed E-state index contributed by atoms with van der Waals surface area (Å²) in [6.45, 7) is 2.36. The Kier molecular flexibility index (Phi) is 4.66. The number of carbonyl (C=O) groups excluding carboxylic acids is 1. The number of amides is 1. The fraction of sp³-hybridized carbons (Fsp3) is 0.158. The van der Waals surface area contributed by atoms with E-state index in [1.807, 2.05) is 17.5 Å². The first kappa shape index (κ1) is 17.9. The van der Waals surface area contributed by atoms with Crippen LogP contribution in [0.2, 0.25) is 0 Å². The summed E-state index contributed by atoms with van der Waals surface area (Å²) < 4.78 is 5.39. The Morgan fingerprint density at radius 3 is 2.79 bits per heavy atom. The van der Waals surface area contributed by atoms with Crippen LogP contribution in [0, 0.1) is 6.92 Å². The van der Waals surface area contributed by atoms with Crippen molar-refractivity contribution in [3.63, 3.8) is 0 Å². The summed E-state index contributed by atoms with van der Waals surface area (Å²) in [5, 5.41) is 2.20. The first-order valence-corrected chi connectivity index (χ1v) is 9.37. The number of hydrogen-bond acceptors (Lipinski definition) is 6. The van der Waals surface area contributed by atoms with Gasteiger partial charge in [0, 0.05) is 4.88 Å². The average molecular weight is 396 g/mol. The standard InChI is InChI=1S/C19H16N4O4S/c1-11-8-14(20-16-15(11)17(24)22-19(26)21-16)18(25)23(9-12-4-2-6-27-12)10-13-5-3-7-28-13/h2-8H,9-10H2,1H3,(H2,20,21,22,24,26). The van der Waals surface area contributed by atoms with Crippen molar-refractivity contribution in [3.05, 3.63) is 84.7 Å². The maximum absolute atomic E-state index is 13.2. The first-order valence-electron chi connectivity index (χ1n) is 8.49. The highest BCUT2D eigenvalue weighted by Gasteiger charge is 2.21. The van der Waals surface area contributed by atoms with Crippen LogP contribution in [0.5, 0.6) is 0 Å². The molecule has 0 atom stereocenters. The lowest BCUT2D eigenvalue weighted by Crippen LogP contribution is -2.31. The Hall–Kier alpha value is -3.46. The lowest BCUT2D eigenvalue weighted by molar-refractivity contribution is 0.0714. The normalized spacial score (nSPS) is 11.0. The van der Waals surface area contributed by atoms with E-state index >= 15 is 0 Å². The van der Waals surface area contributed by atoms with Gasteiger partial charge in [0.15, 0.2) is 0 Å². The fourth-order valence-corrected chi connectivity index (χ4v) is 3.73. The molecule has 8 nitrogen and oxygen atoms in total. The van der Waals surface area contributed by atoms with Gasteiger partial charge in [0.2, 0.25) is 0 Å². The number of aryl methyl sites for hydroxylation is 1. The molecule has 0 aromatic carbocycles. The van der Waals surface area contributed by atoms with E-state index in [9.17, 15) is 14.4 Å². The third-order valence-electron chi connectivity index (χ3n) is 4.26. The zero-order valence-electron chi connectivity index (χ0n) is 14.9. The molecule has 1 amide bonds. The van der Waals surface area contributed by atoms with Crippen LogP contribution >= 0.6 is 11.3 Å². The number of carbonyl (C=O) groups is 1. The summed E-state index contributed by atoms with van der Waals surface area (Å²) >= 11 is 1.55. The molecule has 0 aliphatic heterocycles. The van der Waals surface area contributed by atoms with E-state index in [1.165, 1.54) is 0 Å². The Balaban J connectivity index is 1.75. The van der Waals surface area contributed by atoms with Gasteiger partial charge in [0.05, 0.1) is 24.7 Å². The van der Waals surface area contributed by atoms with E-state index in [4.69, 9.17) is 4.42 Å².